The van der Waals surface area contributed by atoms with Gasteiger partial charge in [-0.05, 0) is 36.5 Å². The number of anilines is 1. The molecule has 1 aliphatic carbocycles. The van der Waals surface area contributed by atoms with Gasteiger partial charge in [0.15, 0.2) is 0 Å². The van der Waals surface area contributed by atoms with Crippen molar-refractivity contribution >= 4 is 22.9 Å². The molecule has 0 spiro atoms. The van der Waals surface area contributed by atoms with E-state index in [0.717, 1.165) is 24.9 Å². The lowest BCUT2D eigenvalue weighted by Gasteiger charge is -2.23. The topological polar surface area (TPSA) is 34.0 Å². The average Bonchev–Trinajstić information content (AvgIpc) is 2.89. The Balaban J connectivity index is 1.85. The number of fused-ring (bicyclic) bond motifs is 5. The van der Waals surface area contributed by atoms with Gasteiger partial charge in [-0.2, -0.15) is 0 Å². The zero-order valence-electron chi connectivity index (χ0n) is 15.0. The Bertz CT molecular complexity index is 979. The number of aromatic nitrogens is 1. The lowest BCUT2D eigenvalue weighted by atomic mass is 9.81. The van der Waals surface area contributed by atoms with E-state index < -0.39 is 0 Å². The molecule has 0 amide bonds. The Labute approximate surface area is 154 Å². The van der Waals surface area contributed by atoms with E-state index in [1.807, 2.05) is 6.07 Å². The van der Waals surface area contributed by atoms with Crippen molar-refractivity contribution in [2.45, 2.75) is 44.6 Å². The SMILES string of the molecule is O=Cc1ccc2c(C3CCCCC3)c3n(c2c1)CCNc1ccccc1-3. The molecule has 0 unspecified atom stereocenters. The monoisotopic (exact) mass is 344 g/mol. The maximum atomic E-state index is 11.4. The van der Waals surface area contributed by atoms with Crippen LogP contribution < -0.4 is 5.32 Å². The van der Waals surface area contributed by atoms with E-state index in [9.17, 15) is 4.79 Å². The molecule has 0 atom stereocenters. The minimum absolute atomic E-state index is 0.621. The molecule has 132 valence electrons. The molecule has 0 bridgehead atoms. The molecule has 1 saturated carbocycles. The molecule has 2 aliphatic rings. The van der Waals surface area contributed by atoms with Crippen LogP contribution in [0.2, 0.25) is 0 Å². The van der Waals surface area contributed by atoms with Crippen molar-refractivity contribution in [1.29, 1.82) is 0 Å². The van der Waals surface area contributed by atoms with Gasteiger partial charge in [0.2, 0.25) is 0 Å². The number of benzene rings is 2. The van der Waals surface area contributed by atoms with Crippen LogP contribution in [0, 0.1) is 0 Å². The van der Waals surface area contributed by atoms with E-state index in [1.54, 1.807) is 0 Å². The molecule has 2 heterocycles. The largest absolute Gasteiger partial charge is 0.383 e. The molecule has 2 aromatic carbocycles. The predicted molar refractivity (Wildman–Crippen MR) is 107 cm³/mol. The van der Waals surface area contributed by atoms with Crippen LogP contribution in [0.1, 0.15) is 53.9 Å². The summed E-state index contributed by atoms with van der Waals surface area (Å²) < 4.78 is 2.45. The highest BCUT2D eigenvalue weighted by Gasteiger charge is 2.28. The quantitative estimate of drug-likeness (QED) is 0.615. The van der Waals surface area contributed by atoms with Crippen LogP contribution in [0.4, 0.5) is 5.69 Å². The van der Waals surface area contributed by atoms with E-state index in [1.165, 1.54) is 65.5 Å². The summed E-state index contributed by atoms with van der Waals surface area (Å²) in [6.45, 7) is 1.83. The first-order valence-electron chi connectivity index (χ1n) is 9.81. The molecule has 1 N–H and O–H groups in total. The fourth-order valence-electron chi connectivity index (χ4n) is 4.94. The van der Waals surface area contributed by atoms with Gasteiger partial charge in [0.05, 0.1) is 5.69 Å². The maximum Gasteiger partial charge on any atom is 0.150 e. The van der Waals surface area contributed by atoms with Crippen molar-refractivity contribution in [2.24, 2.45) is 0 Å². The van der Waals surface area contributed by atoms with Gasteiger partial charge in [-0.25, -0.2) is 0 Å². The highest BCUT2D eigenvalue weighted by atomic mass is 16.1. The Kier molecular flexibility index (Phi) is 3.81. The highest BCUT2D eigenvalue weighted by molar-refractivity contribution is 5.97. The van der Waals surface area contributed by atoms with Crippen molar-refractivity contribution in [2.75, 3.05) is 11.9 Å². The third-order valence-electron chi connectivity index (χ3n) is 6.11. The normalized spacial score (nSPS) is 17.2. The van der Waals surface area contributed by atoms with Gasteiger partial charge in [0.25, 0.3) is 0 Å². The van der Waals surface area contributed by atoms with Crippen molar-refractivity contribution in [3.05, 3.63) is 53.6 Å². The minimum Gasteiger partial charge on any atom is -0.383 e. The van der Waals surface area contributed by atoms with Crippen LogP contribution in [0.25, 0.3) is 22.2 Å². The molecule has 3 heteroatoms. The van der Waals surface area contributed by atoms with E-state index in [-0.39, 0.29) is 0 Å². The van der Waals surface area contributed by atoms with E-state index >= 15 is 0 Å². The third kappa shape index (κ3) is 2.38. The Hall–Kier alpha value is -2.55. The van der Waals surface area contributed by atoms with Gasteiger partial charge in [-0.1, -0.05) is 49.6 Å². The van der Waals surface area contributed by atoms with Crippen molar-refractivity contribution in [3.8, 4) is 11.3 Å². The first kappa shape index (κ1) is 15.7. The average molecular weight is 344 g/mol. The molecule has 3 nitrogen and oxygen atoms in total. The molecule has 0 saturated heterocycles. The van der Waals surface area contributed by atoms with Crippen LogP contribution >= 0.6 is 0 Å². The molecule has 1 fully saturated rings. The van der Waals surface area contributed by atoms with Gasteiger partial charge in [-0.15, -0.1) is 0 Å². The summed E-state index contributed by atoms with van der Waals surface area (Å²) in [5, 5.41) is 4.93. The molecule has 0 radical (unpaired) electrons. The summed E-state index contributed by atoms with van der Waals surface area (Å²) in [4.78, 5) is 11.4. The van der Waals surface area contributed by atoms with Crippen LogP contribution in [-0.4, -0.2) is 17.4 Å². The number of hydrogen-bond donors (Lipinski definition) is 1. The molecule has 1 aliphatic heterocycles. The first-order chi connectivity index (χ1) is 12.9. The molecule has 1 aromatic heterocycles. The Morgan fingerprint density at radius 3 is 2.73 bits per heavy atom. The minimum atomic E-state index is 0.621. The van der Waals surface area contributed by atoms with Crippen LogP contribution in [0.5, 0.6) is 0 Å². The van der Waals surface area contributed by atoms with Gasteiger partial charge >= 0.3 is 0 Å². The van der Waals surface area contributed by atoms with Gasteiger partial charge in [0.1, 0.15) is 6.29 Å². The summed E-state index contributed by atoms with van der Waals surface area (Å²) in [7, 11) is 0. The summed E-state index contributed by atoms with van der Waals surface area (Å²) in [6.07, 6.45) is 7.51. The zero-order chi connectivity index (χ0) is 17.5. The van der Waals surface area contributed by atoms with Crippen LogP contribution in [0.3, 0.4) is 0 Å². The van der Waals surface area contributed by atoms with E-state index in [2.05, 4.69) is 46.3 Å². The van der Waals surface area contributed by atoms with Crippen molar-refractivity contribution in [3.63, 3.8) is 0 Å². The molecule has 26 heavy (non-hydrogen) atoms. The lowest BCUT2D eigenvalue weighted by molar-refractivity contribution is 0.112. The number of para-hydroxylation sites is 1. The predicted octanol–water partition coefficient (Wildman–Crippen LogP) is 5.59. The molecular weight excluding hydrogens is 320 g/mol. The van der Waals surface area contributed by atoms with Gasteiger partial charge < -0.3 is 9.88 Å². The number of aldehydes is 1. The summed E-state index contributed by atoms with van der Waals surface area (Å²) >= 11 is 0. The second-order valence-electron chi connectivity index (χ2n) is 7.62. The summed E-state index contributed by atoms with van der Waals surface area (Å²) in [6, 6.07) is 14.9. The Morgan fingerprint density at radius 1 is 1.04 bits per heavy atom. The van der Waals surface area contributed by atoms with E-state index in [0.29, 0.717) is 5.92 Å². The van der Waals surface area contributed by atoms with Crippen LogP contribution in [0.15, 0.2) is 42.5 Å². The van der Waals surface area contributed by atoms with Crippen LogP contribution in [-0.2, 0) is 6.54 Å². The number of nitrogens with one attached hydrogen (secondary N) is 1. The van der Waals surface area contributed by atoms with Gasteiger partial charge in [-0.3, -0.25) is 4.79 Å². The second-order valence-corrected chi connectivity index (χ2v) is 7.62. The zero-order valence-corrected chi connectivity index (χ0v) is 15.0. The first-order valence-corrected chi connectivity index (χ1v) is 9.81. The smallest absolute Gasteiger partial charge is 0.150 e. The fourth-order valence-corrected chi connectivity index (χ4v) is 4.94. The Morgan fingerprint density at radius 2 is 1.88 bits per heavy atom. The molecule has 3 aromatic rings. The highest BCUT2D eigenvalue weighted by Crippen LogP contribution is 2.46. The molecule has 5 rings (SSSR count). The molecular formula is C23H24N2O. The standard InChI is InChI=1S/C23H24N2O/c26-15-16-10-11-19-21(14-16)25-13-12-24-20-9-5-4-8-18(20)23(25)22(19)17-6-2-1-3-7-17/h4-5,8-11,14-15,17,24H,1-3,6-7,12-13H2. The van der Waals surface area contributed by atoms with Gasteiger partial charge in [0, 0.05) is 40.8 Å². The number of carbonyl (C=O) groups excluding carboxylic acids is 1. The lowest BCUT2D eigenvalue weighted by Crippen LogP contribution is -2.08. The second kappa shape index (κ2) is 6.31. The van der Waals surface area contributed by atoms with E-state index in [4.69, 9.17) is 0 Å². The fraction of sp³-hybridized carbons (Fsp3) is 0.348. The summed E-state index contributed by atoms with van der Waals surface area (Å²) in [5.74, 6) is 0.621. The number of nitrogens with zero attached hydrogens (tertiary/aromatic N) is 1. The maximum absolute atomic E-state index is 11.4. The number of rotatable bonds is 2. The van der Waals surface area contributed by atoms with Crippen molar-refractivity contribution in [1.82, 2.24) is 4.57 Å². The number of carbonyl (C=O) groups is 1. The summed E-state index contributed by atoms with van der Waals surface area (Å²) in [5.41, 5.74) is 7.38. The number of hydrogen-bond acceptors (Lipinski definition) is 2. The third-order valence-corrected chi connectivity index (χ3v) is 6.11. The van der Waals surface area contributed by atoms with Crippen molar-refractivity contribution < 1.29 is 4.79 Å².